The molecular weight excluding hydrogens is 328 g/mol. The van der Waals surface area contributed by atoms with Gasteiger partial charge in [-0.05, 0) is 35.0 Å². The molecule has 0 aliphatic carbocycles. The Kier molecular flexibility index (Phi) is 4.60. The van der Waals surface area contributed by atoms with Crippen molar-refractivity contribution in [1.82, 2.24) is 0 Å². The van der Waals surface area contributed by atoms with Crippen molar-refractivity contribution in [3.63, 3.8) is 0 Å². The van der Waals surface area contributed by atoms with Gasteiger partial charge in [0.05, 0.1) is 18.2 Å². The number of ether oxygens (including phenoxy) is 2. The summed E-state index contributed by atoms with van der Waals surface area (Å²) < 4.78 is 11.6. The van der Waals surface area contributed by atoms with Crippen molar-refractivity contribution >= 4 is 37.8 Å². The van der Waals surface area contributed by atoms with Crippen LogP contribution in [0.15, 0.2) is 21.1 Å². The second kappa shape index (κ2) is 5.51. The van der Waals surface area contributed by atoms with Crippen molar-refractivity contribution in [3.05, 3.63) is 26.6 Å². The fourth-order valence-corrected chi connectivity index (χ4v) is 2.45. The average molecular weight is 338 g/mol. The van der Waals surface area contributed by atoms with Gasteiger partial charge < -0.3 is 9.47 Å². The maximum atomic E-state index is 11.5. The summed E-state index contributed by atoms with van der Waals surface area (Å²) in [7, 11) is 1.34. The molecule has 0 aromatic heterocycles. The summed E-state index contributed by atoms with van der Waals surface area (Å²) in [5, 5.41) is 0. The maximum Gasteiger partial charge on any atom is 0.341 e. The molecule has 0 N–H and O–H groups in total. The van der Waals surface area contributed by atoms with E-state index in [1.165, 1.54) is 7.11 Å². The van der Waals surface area contributed by atoms with E-state index in [0.717, 1.165) is 8.95 Å². The molecule has 0 saturated heterocycles. The topological polar surface area (TPSA) is 35.5 Å². The van der Waals surface area contributed by atoms with E-state index < -0.39 is 5.97 Å². The molecule has 3 nitrogen and oxygen atoms in total. The molecule has 0 atom stereocenters. The number of benzene rings is 1. The summed E-state index contributed by atoms with van der Waals surface area (Å²) in [6.07, 6.45) is 0. The first-order valence-corrected chi connectivity index (χ1v) is 5.89. The van der Waals surface area contributed by atoms with Gasteiger partial charge in [0, 0.05) is 4.47 Å². The number of carbonyl (C=O) groups is 1. The van der Waals surface area contributed by atoms with E-state index in [1.807, 2.05) is 13.0 Å². The van der Waals surface area contributed by atoms with Crippen molar-refractivity contribution in [3.8, 4) is 5.75 Å². The zero-order valence-electron chi connectivity index (χ0n) is 8.34. The third kappa shape index (κ3) is 2.95. The van der Waals surface area contributed by atoms with E-state index >= 15 is 0 Å². The summed E-state index contributed by atoms with van der Waals surface area (Å²) in [6.45, 7) is 2.35. The molecule has 0 amide bonds. The van der Waals surface area contributed by atoms with Gasteiger partial charge in [-0.3, -0.25) is 0 Å². The monoisotopic (exact) mass is 336 g/mol. The van der Waals surface area contributed by atoms with E-state index in [0.29, 0.717) is 17.9 Å². The van der Waals surface area contributed by atoms with Crippen LogP contribution < -0.4 is 4.74 Å². The van der Waals surface area contributed by atoms with Gasteiger partial charge >= 0.3 is 5.97 Å². The lowest BCUT2D eigenvalue weighted by Crippen LogP contribution is -2.06. The molecule has 1 rings (SSSR count). The highest BCUT2D eigenvalue weighted by Crippen LogP contribution is 2.33. The SMILES string of the molecule is CCOc1c(Br)cc(Br)cc1C(=O)OC. The van der Waals surface area contributed by atoms with Crippen molar-refractivity contribution in [2.45, 2.75) is 6.92 Å². The smallest absolute Gasteiger partial charge is 0.341 e. The molecule has 1 aromatic rings. The van der Waals surface area contributed by atoms with E-state index in [-0.39, 0.29) is 0 Å². The Morgan fingerprint density at radius 3 is 2.60 bits per heavy atom. The lowest BCUT2D eigenvalue weighted by molar-refractivity contribution is 0.0596. The second-order valence-corrected chi connectivity index (χ2v) is 4.46. The van der Waals surface area contributed by atoms with Crippen LogP contribution in [0.5, 0.6) is 5.75 Å². The Morgan fingerprint density at radius 1 is 1.40 bits per heavy atom. The zero-order valence-corrected chi connectivity index (χ0v) is 11.5. The number of rotatable bonds is 3. The highest BCUT2D eigenvalue weighted by atomic mass is 79.9. The molecule has 0 aliphatic heterocycles. The first kappa shape index (κ1) is 12.5. The lowest BCUT2D eigenvalue weighted by atomic mass is 10.2. The fraction of sp³-hybridized carbons (Fsp3) is 0.300. The van der Waals surface area contributed by atoms with E-state index in [4.69, 9.17) is 4.74 Å². The predicted octanol–water partition coefficient (Wildman–Crippen LogP) is 3.40. The quantitative estimate of drug-likeness (QED) is 0.793. The van der Waals surface area contributed by atoms with Crippen molar-refractivity contribution in [1.29, 1.82) is 0 Å². The van der Waals surface area contributed by atoms with Crippen LogP contribution in [0, 0.1) is 0 Å². The molecule has 0 radical (unpaired) electrons. The fourth-order valence-electron chi connectivity index (χ4n) is 1.11. The van der Waals surface area contributed by atoms with Crippen LogP contribution in [-0.4, -0.2) is 19.7 Å². The summed E-state index contributed by atoms with van der Waals surface area (Å²) in [5.74, 6) is 0.0907. The number of esters is 1. The zero-order chi connectivity index (χ0) is 11.4. The minimum atomic E-state index is -0.416. The Balaban J connectivity index is 3.26. The lowest BCUT2D eigenvalue weighted by Gasteiger charge is -2.11. The molecule has 0 fully saturated rings. The van der Waals surface area contributed by atoms with Crippen LogP contribution in [0.4, 0.5) is 0 Å². The Morgan fingerprint density at radius 2 is 2.07 bits per heavy atom. The number of halogens is 2. The number of carbonyl (C=O) groups excluding carboxylic acids is 1. The molecule has 15 heavy (non-hydrogen) atoms. The molecule has 0 saturated carbocycles. The standard InChI is InChI=1S/C10H10Br2O3/c1-3-15-9-7(10(13)14-2)4-6(11)5-8(9)12/h4-5H,3H2,1-2H3. The third-order valence-electron chi connectivity index (χ3n) is 1.70. The predicted molar refractivity (Wildman–Crippen MR) is 64.4 cm³/mol. The maximum absolute atomic E-state index is 11.5. The van der Waals surface area contributed by atoms with Gasteiger partial charge in [-0.25, -0.2) is 4.79 Å². The molecule has 5 heteroatoms. The van der Waals surface area contributed by atoms with E-state index in [9.17, 15) is 4.79 Å². The minimum Gasteiger partial charge on any atom is -0.492 e. The van der Waals surface area contributed by atoms with Crippen molar-refractivity contribution in [2.24, 2.45) is 0 Å². The number of methoxy groups -OCH3 is 1. The van der Waals surface area contributed by atoms with Crippen LogP contribution >= 0.6 is 31.9 Å². The first-order valence-electron chi connectivity index (χ1n) is 4.30. The van der Waals surface area contributed by atoms with Gasteiger partial charge in [0.25, 0.3) is 0 Å². The normalized spacial score (nSPS) is 9.87. The van der Waals surface area contributed by atoms with Gasteiger partial charge in [-0.15, -0.1) is 0 Å². The average Bonchev–Trinajstić information content (AvgIpc) is 2.20. The number of hydrogen-bond donors (Lipinski definition) is 0. The molecule has 0 heterocycles. The Labute approximate surface area is 105 Å². The van der Waals surface area contributed by atoms with Crippen LogP contribution in [0.2, 0.25) is 0 Å². The van der Waals surface area contributed by atoms with Crippen LogP contribution in [0.1, 0.15) is 17.3 Å². The molecule has 0 spiro atoms. The van der Waals surface area contributed by atoms with Gasteiger partial charge in [0.15, 0.2) is 0 Å². The molecule has 0 bridgehead atoms. The minimum absolute atomic E-state index is 0.403. The summed E-state index contributed by atoms with van der Waals surface area (Å²) in [4.78, 5) is 11.5. The molecular formula is C10H10Br2O3. The van der Waals surface area contributed by atoms with Gasteiger partial charge in [-0.2, -0.15) is 0 Å². The van der Waals surface area contributed by atoms with Crippen molar-refractivity contribution in [2.75, 3.05) is 13.7 Å². The Hall–Kier alpha value is -0.550. The molecule has 0 unspecified atom stereocenters. The third-order valence-corrected chi connectivity index (χ3v) is 2.75. The van der Waals surface area contributed by atoms with Crippen LogP contribution in [0.3, 0.4) is 0 Å². The number of hydrogen-bond acceptors (Lipinski definition) is 3. The second-order valence-electron chi connectivity index (χ2n) is 2.69. The van der Waals surface area contributed by atoms with Crippen molar-refractivity contribution < 1.29 is 14.3 Å². The summed E-state index contributed by atoms with van der Waals surface area (Å²) in [6, 6.07) is 3.49. The largest absolute Gasteiger partial charge is 0.492 e. The highest BCUT2D eigenvalue weighted by molar-refractivity contribution is 9.11. The van der Waals surface area contributed by atoms with Gasteiger partial charge in [-0.1, -0.05) is 15.9 Å². The highest BCUT2D eigenvalue weighted by Gasteiger charge is 2.16. The van der Waals surface area contributed by atoms with E-state index in [1.54, 1.807) is 6.07 Å². The summed E-state index contributed by atoms with van der Waals surface area (Å²) in [5.41, 5.74) is 0.403. The first-order chi connectivity index (χ1) is 7.10. The molecule has 1 aromatic carbocycles. The van der Waals surface area contributed by atoms with Crippen LogP contribution in [0.25, 0.3) is 0 Å². The van der Waals surface area contributed by atoms with Crippen LogP contribution in [-0.2, 0) is 4.74 Å². The Bertz CT molecular complexity index is 377. The van der Waals surface area contributed by atoms with Gasteiger partial charge in [0.1, 0.15) is 11.3 Å². The van der Waals surface area contributed by atoms with Gasteiger partial charge in [0.2, 0.25) is 0 Å². The molecule has 82 valence electrons. The van der Waals surface area contributed by atoms with E-state index in [2.05, 4.69) is 36.6 Å². The molecule has 0 aliphatic rings. The summed E-state index contributed by atoms with van der Waals surface area (Å²) >= 11 is 6.64.